The van der Waals surface area contributed by atoms with Crippen molar-refractivity contribution < 1.29 is 9.32 Å². The molecule has 0 aromatic carbocycles. The predicted octanol–water partition coefficient (Wildman–Crippen LogP) is 2.28. The lowest BCUT2D eigenvalue weighted by Crippen LogP contribution is -2.26. The van der Waals surface area contributed by atoms with Crippen molar-refractivity contribution in [2.45, 2.75) is 32.1 Å². The van der Waals surface area contributed by atoms with Crippen LogP contribution in [0.25, 0.3) is 11.4 Å². The van der Waals surface area contributed by atoms with E-state index in [-0.39, 0.29) is 17.2 Å². The third kappa shape index (κ3) is 5.18. The Morgan fingerprint density at radius 3 is 2.71 bits per heavy atom. The zero-order valence-corrected chi connectivity index (χ0v) is 13.1. The Hall–Kier alpha value is -1.89. The lowest BCUT2D eigenvalue weighted by Gasteiger charge is -2.16. The molecule has 0 spiro atoms. The molecule has 0 atom stereocenters. The number of nitrogens with one attached hydrogen (secondary N) is 1. The van der Waals surface area contributed by atoms with Crippen molar-refractivity contribution in [3.8, 4) is 11.4 Å². The van der Waals surface area contributed by atoms with Crippen LogP contribution in [0.5, 0.6) is 0 Å². The van der Waals surface area contributed by atoms with E-state index in [2.05, 4.69) is 41.2 Å². The summed E-state index contributed by atoms with van der Waals surface area (Å²) in [5, 5.41) is 6.65. The van der Waals surface area contributed by atoms with Gasteiger partial charge in [0, 0.05) is 22.7 Å². The monoisotopic (exact) mass is 306 g/mol. The maximum absolute atomic E-state index is 11.7. The second-order valence-electron chi connectivity index (χ2n) is 5.43. The minimum atomic E-state index is -0.0430. The van der Waals surface area contributed by atoms with E-state index in [9.17, 15) is 4.79 Å². The molecule has 0 aliphatic carbocycles. The number of amides is 1. The molecule has 2 rings (SSSR count). The fourth-order valence-electron chi connectivity index (χ4n) is 1.45. The van der Waals surface area contributed by atoms with Gasteiger partial charge in [-0.25, -0.2) is 0 Å². The molecule has 0 fully saturated rings. The molecule has 1 N–H and O–H groups in total. The van der Waals surface area contributed by atoms with Crippen LogP contribution >= 0.6 is 11.8 Å². The summed E-state index contributed by atoms with van der Waals surface area (Å²) < 4.78 is 5.18. The lowest BCUT2D eigenvalue weighted by molar-refractivity contribution is -0.118. The van der Waals surface area contributed by atoms with Crippen molar-refractivity contribution in [1.29, 1.82) is 0 Å². The molecule has 2 aromatic rings. The number of nitrogens with zero attached hydrogens (tertiary/aromatic N) is 3. The topological polar surface area (TPSA) is 80.9 Å². The van der Waals surface area contributed by atoms with E-state index in [1.807, 2.05) is 0 Å². The number of hydrogen-bond acceptors (Lipinski definition) is 6. The summed E-state index contributed by atoms with van der Waals surface area (Å²) in [6, 6.07) is 3.60. The summed E-state index contributed by atoms with van der Waals surface area (Å²) in [7, 11) is 0. The highest BCUT2D eigenvalue weighted by molar-refractivity contribution is 8.01. The highest BCUT2D eigenvalue weighted by Crippen LogP contribution is 2.22. The van der Waals surface area contributed by atoms with Crippen LogP contribution in [0.15, 0.2) is 29.0 Å². The smallest absolute Gasteiger partial charge is 0.246 e. The van der Waals surface area contributed by atoms with Crippen LogP contribution in [-0.4, -0.2) is 31.5 Å². The number of thioether (sulfide) groups is 1. The summed E-state index contributed by atoms with van der Waals surface area (Å²) in [5.41, 5.74) is 0.828. The Labute approximate surface area is 127 Å². The SMILES string of the molecule is CC(C)(C)SCC(=O)NCc1nc(-c2ccncc2)no1. The Kier molecular flexibility index (Phi) is 4.95. The second kappa shape index (κ2) is 6.71. The Bertz CT molecular complexity index is 593. The first-order valence-electron chi connectivity index (χ1n) is 6.58. The van der Waals surface area contributed by atoms with Crippen LogP contribution in [0.3, 0.4) is 0 Å². The summed E-state index contributed by atoms with van der Waals surface area (Å²) in [4.78, 5) is 19.9. The Balaban J connectivity index is 1.85. The molecule has 0 radical (unpaired) electrons. The second-order valence-corrected chi connectivity index (χ2v) is 7.23. The van der Waals surface area contributed by atoms with Crippen molar-refractivity contribution in [1.82, 2.24) is 20.4 Å². The number of pyridine rings is 1. The Morgan fingerprint density at radius 1 is 1.33 bits per heavy atom. The molecule has 1 amide bonds. The number of rotatable bonds is 5. The molecule has 112 valence electrons. The summed E-state index contributed by atoms with van der Waals surface area (Å²) in [6.07, 6.45) is 3.33. The highest BCUT2D eigenvalue weighted by Gasteiger charge is 2.14. The van der Waals surface area contributed by atoms with Crippen LogP contribution in [0.4, 0.5) is 0 Å². The molecule has 0 aliphatic heterocycles. The third-order valence-electron chi connectivity index (χ3n) is 2.48. The third-order valence-corrected chi connectivity index (χ3v) is 3.75. The van der Waals surface area contributed by atoms with Gasteiger partial charge in [0.1, 0.15) is 0 Å². The molecule has 7 heteroatoms. The van der Waals surface area contributed by atoms with Gasteiger partial charge in [-0.1, -0.05) is 25.9 Å². The first-order chi connectivity index (χ1) is 9.94. The molecule has 2 heterocycles. The van der Waals surface area contributed by atoms with Gasteiger partial charge in [-0.3, -0.25) is 9.78 Å². The van der Waals surface area contributed by atoms with Crippen molar-refractivity contribution in [3.05, 3.63) is 30.4 Å². The van der Waals surface area contributed by atoms with E-state index in [1.165, 1.54) is 0 Å². The van der Waals surface area contributed by atoms with Gasteiger partial charge >= 0.3 is 0 Å². The number of hydrogen-bond donors (Lipinski definition) is 1. The summed E-state index contributed by atoms with van der Waals surface area (Å²) in [6.45, 7) is 6.46. The number of carbonyl (C=O) groups is 1. The quantitative estimate of drug-likeness (QED) is 0.912. The van der Waals surface area contributed by atoms with E-state index < -0.39 is 0 Å². The van der Waals surface area contributed by atoms with Crippen LogP contribution < -0.4 is 5.32 Å². The zero-order chi connectivity index (χ0) is 15.3. The van der Waals surface area contributed by atoms with Gasteiger partial charge in [-0.2, -0.15) is 4.98 Å². The minimum absolute atomic E-state index is 0.0430. The predicted molar refractivity (Wildman–Crippen MR) is 81.6 cm³/mol. The van der Waals surface area contributed by atoms with Crippen LogP contribution in [0.1, 0.15) is 26.7 Å². The first-order valence-corrected chi connectivity index (χ1v) is 7.56. The molecule has 0 saturated heterocycles. The standard InChI is InChI=1S/C14H18N4O2S/c1-14(2,3)21-9-11(19)16-8-12-17-13(18-20-12)10-4-6-15-7-5-10/h4-7H,8-9H2,1-3H3,(H,16,19). The molecular formula is C14H18N4O2S. The van der Waals surface area contributed by atoms with E-state index >= 15 is 0 Å². The molecule has 0 aliphatic rings. The van der Waals surface area contributed by atoms with E-state index in [0.29, 0.717) is 17.5 Å². The fourth-order valence-corrected chi connectivity index (χ4v) is 2.12. The van der Waals surface area contributed by atoms with E-state index in [0.717, 1.165) is 5.56 Å². The van der Waals surface area contributed by atoms with Gasteiger partial charge in [0.25, 0.3) is 0 Å². The van der Waals surface area contributed by atoms with Crippen molar-refractivity contribution >= 4 is 17.7 Å². The average Bonchev–Trinajstić information content (AvgIpc) is 2.92. The molecule has 0 bridgehead atoms. The largest absolute Gasteiger partial charge is 0.346 e. The van der Waals surface area contributed by atoms with Gasteiger partial charge in [0.2, 0.25) is 17.6 Å². The molecule has 2 aromatic heterocycles. The molecule has 0 unspecified atom stereocenters. The molecule has 6 nitrogen and oxygen atoms in total. The summed E-state index contributed by atoms with van der Waals surface area (Å²) >= 11 is 1.59. The molecular weight excluding hydrogens is 288 g/mol. The fraction of sp³-hybridized carbons (Fsp3) is 0.429. The lowest BCUT2D eigenvalue weighted by atomic mass is 10.2. The van der Waals surface area contributed by atoms with Gasteiger partial charge in [0.05, 0.1) is 12.3 Å². The highest BCUT2D eigenvalue weighted by atomic mass is 32.2. The molecule has 0 saturated carbocycles. The van der Waals surface area contributed by atoms with Gasteiger partial charge in [-0.05, 0) is 12.1 Å². The van der Waals surface area contributed by atoms with Crippen LogP contribution in [0.2, 0.25) is 0 Å². The Morgan fingerprint density at radius 2 is 2.05 bits per heavy atom. The normalized spacial score (nSPS) is 11.4. The minimum Gasteiger partial charge on any atom is -0.346 e. The van der Waals surface area contributed by atoms with Gasteiger partial charge in [-0.15, -0.1) is 11.8 Å². The number of aromatic nitrogens is 3. The summed E-state index contributed by atoms with van der Waals surface area (Å²) in [5.74, 6) is 1.25. The van der Waals surface area contributed by atoms with Crippen LogP contribution in [-0.2, 0) is 11.3 Å². The zero-order valence-electron chi connectivity index (χ0n) is 12.3. The van der Waals surface area contributed by atoms with Crippen molar-refractivity contribution in [2.24, 2.45) is 0 Å². The average molecular weight is 306 g/mol. The van der Waals surface area contributed by atoms with Crippen molar-refractivity contribution in [3.63, 3.8) is 0 Å². The van der Waals surface area contributed by atoms with Gasteiger partial charge in [0.15, 0.2) is 0 Å². The number of carbonyl (C=O) groups excluding carboxylic acids is 1. The maximum atomic E-state index is 11.7. The van der Waals surface area contributed by atoms with E-state index in [4.69, 9.17) is 4.52 Å². The van der Waals surface area contributed by atoms with Crippen LogP contribution in [0, 0.1) is 0 Å². The maximum Gasteiger partial charge on any atom is 0.246 e. The molecule has 21 heavy (non-hydrogen) atoms. The van der Waals surface area contributed by atoms with Gasteiger partial charge < -0.3 is 9.84 Å². The van der Waals surface area contributed by atoms with E-state index in [1.54, 1.807) is 36.3 Å². The van der Waals surface area contributed by atoms with Crippen molar-refractivity contribution in [2.75, 3.05) is 5.75 Å². The first kappa shape index (κ1) is 15.5.